The fraction of sp³-hybridized carbons (Fsp3) is 1.00. The van der Waals surface area contributed by atoms with Crippen molar-refractivity contribution in [3.63, 3.8) is 0 Å². The molecule has 0 radical (unpaired) electrons. The third-order valence-electron chi connectivity index (χ3n) is 5.79. The van der Waals surface area contributed by atoms with E-state index in [-0.39, 0.29) is 36.0 Å². The number of aliphatic hydroxyl groups excluding tert-OH is 1. The van der Waals surface area contributed by atoms with Gasteiger partial charge in [-0.05, 0) is 26.2 Å². The summed E-state index contributed by atoms with van der Waals surface area (Å²) in [6, 6.07) is 0. The molecule has 0 rings (SSSR count). The van der Waals surface area contributed by atoms with Gasteiger partial charge in [-0.25, -0.2) is 8.42 Å². The van der Waals surface area contributed by atoms with Crippen LogP contribution in [0.4, 0.5) is 0 Å². The van der Waals surface area contributed by atoms with Gasteiger partial charge in [0.05, 0.1) is 16.2 Å². The number of rotatable bonds is 21. The van der Waals surface area contributed by atoms with Crippen LogP contribution in [0.3, 0.4) is 0 Å². The van der Waals surface area contributed by atoms with Gasteiger partial charge in [0, 0.05) is 5.25 Å². The molecular weight excluding hydrogens is 395 g/mol. The Labute approximate surface area is 204 Å². The molecule has 1 N–H and O–H groups in total. The number of hydrogen-bond donors (Lipinski definition) is 1. The first kappa shape index (κ1) is 32.1. The largest absolute Gasteiger partial charge is 1.00 e. The predicted molar refractivity (Wildman–Crippen MR) is 119 cm³/mol. The van der Waals surface area contributed by atoms with Crippen molar-refractivity contribution >= 4 is 10.1 Å². The molecule has 0 fully saturated rings. The van der Waals surface area contributed by atoms with Gasteiger partial charge in [-0.1, -0.05) is 110 Å². The maximum atomic E-state index is 10.8. The zero-order chi connectivity index (χ0) is 21.1. The second-order valence-corrected chi connectivity index (χ2v) is 10.4. The number of hydrogen-bond acceptors (Lipinski definition) is 4. The first-order chi connectivity index (χ1) is 13.4. The first-order valence-corrected chi connectivity index (χ1v) is 13.5. The average Bonchev–Trinajstić information content (AvgIpc) is 2.64. The van der Waals surface area contributed by atoms with Gasteiger partial charge in [-0.2, -0.15) is 0 Å². The van der Waals surface area contributed by atoms with E-state index < -0.39 is 21.5 Å². The summed E-state index contributed by atoms with van der Waals surface area (Å²) >= 11 is 0. The van der Waals surface area contributed by atoms with E-state index in [2.05, 4.69) is 6.92 Å². The molecule has 4 nitrogen and oxygen atoms in total. The summed E-state index contributed by atoms with van der Waals surface area (Å²) in [6.07, 6.45) is 22.1. The van der Waals surface area contributed by atoms with E-state index in [4.69, 9.17) is 0 Å². The van der Waals surface area contributed by atoms with Crippen LogP contribution in [0.15, 0.2) is 0 Å². The van der Waals surface area contributed by atoms with E-state index in [1.807, 2.05) is 0 Å². The van der Waals surface area contributed by atoms with Crippen LogP contribution in [0, 0.1) is 0 Å². The summed E-state index contributed by atoms with van der Waals surface area (Å²) in [5.41, 5.74) is 0. The fourth-order valence-corrected chi connectivity index (χ4v) is 4.07. The van der Waals surface area contributed by atoms with Crippen LogP contribution in [0.25, 0.3) is 0 Å². The fourth-order valence-electron chi connectivity index (χ4n) is 3.64. The van der Waals surface area contributed by atoms with Crippen molar-refractivity contribution in [2.45, 2.75) is 147 Å². The Balaban J connectivity index is 0. The van der Waals surface area contributed by atoms with E-state index in [9.17, 15) is 18.1 Å². The van der Waals surface area contributed by atoms with Crippen LogP contribution in [-0.2, 0) is 10.1 Å². The van der Waals surface area contributed by atoms with Crippen molar-refractivity contribution in [3.8, 4) is 0 Å². The van der Waals surface area contributed by atoms with Crippen LogP contribution in [0.1, 0.15) is 136 Å². The van der Waals surface area contributed by atoms with Crippen molar-refractivity contribution < 1.29 is 47.6 Å². The molecule has 29 heavy (non-hydrogen) atoms. The Bertz CT molecular complexity index is 429. The minimum Gasteiger partial charge on any atom is -0.748 e. The van der Waals surface area contributed by atoms with E-state index in [0.717, 1.165) is 12.8 Å². The van der Waals surface area contributed by atoms with Gasteiger partial charge < -0.3 is 9.66 Å². The Hall–Kier alpha value is 0.870. The zero-order valence-electron chi connectivity index (χ0n) is 19.7. The standard InChI is InChI=1S/C23H48O4S.Na/c1-3-4-5-6-7-8-9-10-11-12-13-14-15-16-17-18-19-23(24)21-20-22(2)28(25,26)27;/h22-24H,3-21H2,1-2H3,(H,25,26,27);/q;+1/p-1. The molecule has 0 bridgehead atoms. The summed E-state index contributed by atoms with van der Waals surface area (Å²) in [4.78, 5) is 0. The molecule has 0 amide bonds. The molecule has 6 heteroatoms. The summed E-state index contributed by atoms with van der Waals surface area (Å²) in [5.74, 6) is 0. The minimum absolute atomic E-state index is 0. The van der Waals surface area contributed by atoms with E-state index in [0.29, 0.717) is 12.8 Å². The molecule has 0 spiro atoms. The normalized spacial score (nSPS) is 13.8. The monoisotopic (exact) mass is 442 g/mol. The summed E-state index contributed by atoms with van der Waals surface area (Å²) < 4.78 is 32.5. The molecule has 0 aromatic rings. The van der Waals surface area contributed by atoms with Crippen LogP contribution < -0.4 is 29.6 Å². The van der Waals surface area contributed by atoms with Gasteiger partial charge in [0.15, 0.2) is 0 Å². The molecule has 2 unspecified atom stereocenters. The van der Waals surface area contributed by atoms with Crippen molar-refractivity contribution in [1.29, 1.82) is 0 Å². The molecule has 0 aliphatic carbocycles. The van der Waals surface area contributed by atoms with Gasteiger partial charge in [-0.15, -0.1) is 0 Å². The second-order valence-electron chi connectivity index (χ2n) is 8.63. The van der Waals surface area contributed by atoms with Crippen LogP contribution >= 0.6 is 0 Å². The van der Waals surface area contributed by atoms with Gasteiger partial charge in [0.1, 0.15) is 0 Å². The van der Waals surface area contributed by atoms with Crippen LogP contribution in [0.5, 0.6) is 0 Å². The molecule has 0 aromatic carbocycles. The molecule has 170 valence electrons. The Kier molecular flexibility index (Phi) is 24.4. The Morgan fingerprint density at radius 3 is 1.34 bits per heavy atom. The third-order valence-corrected chi connectivity index (χ3v) is 7.01. The molecule has 0 aliphatic rings. The quantitative estimate of drug-likeness (QED) is 0.167. The van der Waals surface area contributed by atoms with Crippen LogP contribution in [-0.4, -0.2) is 29.4 Å². The summed E-state index contributed by atoms with van der Waals surface area (Å²) in [5, 5.41) is 8.99. The SMILES string of the molecule is CCCCCCCCCCCCCCCCCCC(O)CCC(C)S(=O)(=O)[O-].[Na+]. The van der Waals surface area contributed by atoms with Gasteiger partial charge in [0.25, 0.3) is 0 Å². The third kappa shape index (κ3) is 23.4. The second kappa shape index (κ2) is 22.1. The average molecular weight is 443 g/mol. The molecular formula is C23H47NaO4S. The van der Waals surface area contributed by atoms with Crippen molar-refractivity contribution in [3.05, 3.63) is 0 Å². The smallest absolute Gasteiger partial charge is 0.748 e. The topological polar surface area (TPSA) is 77.4 Å². The summed E-state index contributed by atoms with van der Waals surface area (Å²) in [6.45, 7) is 3.69. The number of unbranched alkanes of at least 4 members (excludes halogenated alkanes) is 15. The van der Waals surface area contributed by atoms with Gasteiger partial charge in [-0.3, -0.25) is 0 Å². The molecule has 2 atom stereocenters. The number of aliphatic hydroxyl groups is 1. The summed E-state index contributed by atoms with van der Waals surface area (Å²) in [7, 11) is -4.21. The van der Waals surface area contributed by atoms with Crippen molar-refractivity contribution in [1.82, 2.24) is 0 Å². The maximum Gasteiger partial charge on any atom is 1.00 e. The molecule has 0 aliphatic heterocycles. The Morgan fingerprint density at radius 2 is 1.00 bits per heavy atom. The van der Waals surface area contributed by atoms with Gasteiger partial charge >= 0.3 is 29.6 Å². The Morgan fingerprint density at radius 1 is 0.655 bits per heavy atom. The minimum atomic E-state index is -4.21. The maximum absolute atomic E-state index is 10.8. The van der Waals surface area contributed by atoms with E-state index in [1.54, 1.807) is 0 Å². The molecule has 0 saturated carbocycles. The molecule has 0 heterocycles. The van der Waals surface area contributed by atoms with E-state index >= 15 is 0 Å². The molecule has 0 saturated heterocycles. The van der Waals surface area contributed by atoms with Gasteiger partial charge in [0.2, 0.25) is 0 Å². The zero-order valence-corrected chi connectivity index (χ0v) is 22.5. The van der Waals surface area contributed by atoms with E-state index in [1.165, 1.54) is 96.8 Å². The van der Waals surface area contributed by atoms with Crippen molar-refractivity contribution in [2.24, 2.45) is 0 Å². The molecule has 0 aromatic heterocycles. The predicted octanol–water partition coefficient (Wildman–Crippen LogP) is 3.72. The van der Waals surface area contributed by atoms with Crippen molar-refractivity contribution in [2.75, 3.05) is 0 Å². The van der Waals surface area contributed by atoms with Crippen LogP contribution in [0.2, 0.25) is 0 Å². The first-order valence-electron chi connectivity index (χ1n) is 12.0.